The van der Waals surface area contributed by atoms with E-state index >= 15 is 0 Å². The predicted molar refractivity (Wildman–Crippen MR) is 119 cm³/mol. The van der Waals surface area contributed by atoms with Gasteiger partial charge in [-0.2, -0.15) is 0 Å². The van der Waals surface area contributed by atoms with Crippen LogP contribution in [0.5, 0.6) is 0 Å². The van der Waals surface area contributed by atoms with Crippen molar-refractivity contribution in [3.05, 3.63) is 40.9 Å². The van der Waals surface area contributed by atoms with E-state index in [0.29, 0.717) is 0 Å². The van der Waals surface area contributed by atoms with E-state index in [-0.39, 0.29) is 0 Å². The first-order valence-corrected chi connectivity index (χ1v) is 10.6. The molecule has 0 spiro atoms. The molecule has 0 saturated heterocycles. The molecule has 1 heterocycles. The van der Waals surface area contributed by atoms with Gasteiger partial charge < -0.3 is 20.3 Å². The average Bonchev–Trinajstić information content (AvgIpc) is 3.16. The molecule has 154 valence electrons. The van der Waals surface area contributed by atoms with Crippen molar-refractivity contribution in [2.75, 3.05) is 54.0 Å². The van der Waals surface area contributed by atoms with Crippen molar-refractivity contribution in [2.45, 2.75) is 19.8 Å². The second-order valence-corrected chi connectivity index (χ2v) is 7.69. The molecule has 28 heavy (non-hydrogen) atoms. The van der Waals surface area contributed by atoms with Crippen molar-refractivity contribution in [3.63, 3.8) is 0 Å². The Kier molecular flexibility index (Phi) is 9.96. The zero-order valence-corrected chi connectivity index (χ0v) is 18.3. The minimum atomic E-state index is 0.806. The van der Waals surface area contributed by atoms with Crippen molar-refractivity contribution < 1.29 is 4.74 Å². The maximum Gasteiger partial charge on any atom is 0.191 e. The third-order valence-electron chi connectivity index (χ3n) is 4.42. The monoisotopic (exact) mass is 403 g/mol. The van der Waals surface area contributed by atoms with Crippen LogP contribution in [0.1, 0.15) is 17.7 Å². The summed E-state index contributed by atoms with van der Waals surface area (Å²) >= 11 is 1.70. The van der Waals surface area contributed by atoms with Crippen LogP contribution < -0.4 is 10.6 Å². The van der Waals surface area contributed by atoms with Gasteiger partial charge in [-0.05, 0) is 20.4 Å². The molecule has 0 unspecified atom stereocenters. The first-order valence-electron chi connectivity index (χ1n) is 9.76. The predicted octanol–water partition coefficient (Wildman–Crippen LogP) is 2.79. The highest BCUT2D eigenvalue weighted by Gasteiger charge is 2.05. The first kappa shape index (κ1) is 22.3. The Bertz CT molecular complexity index is 714. The number of aliphatic imine (C=N–C) groups is 1. The van der Waals surface area contributed by atoms with Crippen LogP contribution in [0.15, 0.2) is 34.6 Å². The molecule has 1 aromatic heterocycles. The van der Waals surface area contributed by atoms with Crippen LogP contribution in [-0.4, -0.2) is 69.8 Å². The molecular weight excluding hydrogens is 370 g/mol. The Labute approximate surface area is 173 Å². The number of ether oxygens (including phenoxy) is 1. The summed E-state index contributed by atoms with van der Waals surface area (Å²) in [6.45, 7) is 6.58. The number of thiazole rings is 1. The molecule has 0 bridgehead atoms. The van der Waals surface area contributed by atoms with Crippen LogP contribution in [0.2, 0.25) is 0 Å². The number of aromatic nitrogens is 1. The lowest BCUT2D eigenvalue weighted by Gasteiger charge is -2.18. The van der Waals surface area contributed by atoms with E-state index in [1.54, 1.807) is 25.5 Å². The summed E-state index contributed by atoms with van der Waals surface area (Å²) in [6, 6.07) is 8.52. The molecule has 0 atom stereocenters. The zero-order chi connectivity index (χ0) is 20.2. The normalized spacial score (nSPS) is 11.8. The molecule has 0 fully saturated rings. The lowest BCUT2D eigenvalue weighted by atomic mass is 10.2. The van der Waals surface area contributed by atoms with E-state index in [1.165, 1.54) is 11.1 Å². The van der Waals surface area contributed by atoms with Gasteiger partial charge in [-0.25, -0.2) is 4.98 Å². The molecule has 1 aromatic carbocycles. The summed E-state index contributed by atoms with van der Waals surface area (Å²) in [7, 11) is 5.67. The first-order chi connectivity index (χ1) is 13.6. The van der Waals surface area contributed by atoms with Gasteiger partial charge in [0.1, 0.15) is 5.01 Å². The fourth-order valence-electron chi connectivity index (χ4n) is 2.74. The maximum atomic E-state index is 5.09. The van der Waals surface area contributed by atoms with Gasteiger partial charge in [0.25, 0.3) is 0 Å². The van der Waals surface area contributed by atoms with Crippen molar-refractivity contribution >= 4 is 17.3 Å². The van der Waals surface area contributed by atoms with Gasteiger partial charge in [0.15, 0.2) is 5.96 Å². The second-order valence-electron chi connectivity index (χ2n) is 6.84. The Morgan fingerprint density at radius 2 is 1.93 bits per heavy atom. The van der Waals surface area contributed by atoms with E-state index in [9.17, 15) is 0 Å². The van der Waals surface area contributed by atoms with Gasteiger partial charge in [-0.3, -0.25) is 4.99 Å². The number of nitrogens with zero attached hydrogens (tertiary/aromatic N) is 3. The van der Waals surface area contributed by atoms with Crippen LogP contribution >= 0.6 is 11.3 Å². The van der Waals surface area contributed by atoms with Gasteiger partial charge in [-0.15, -0.1) is 11.3 Å². The molecule has 0 radical (unpaired) electrons. The Hall–Kier alpha value is -1.96. The number of methoxy groups -OCH3 is 1. The summed E-state index contributed by atoms with van der Waals surface area (Å²) in [5.74, 6) is 0.833. The van der Waals surface area contributed by atoms with Gasteiger partial charge in [0.05, 0.1) is 5.69 Å². The number of nitrogens with one attached hydrogen (secondary N) is 2. The summed E-state index contributed by atoms with van der Waals surface area (Å²) in [5, 5.41) is 9.95. The Morgan fingerprint density at radius 3 is 2.64 bits per heavy atom. The molecule has 0 aliphatic heterocycles. The van der Waals surface area contributed by atoms with Gasteiger partial charge >= 0.3 is 0 Å². The average molecular weight is 404 g/mol. The van der Waals surface area contributed by atoms with Crippen molar-refractivity contribution in [2.24, 2.45) is 4.99 Å². The van der Waals surface area contributed by atoms with Crippen molar-refractivity contribution in [1.82, 2.24) is 20.5 Å². The number of hydrogen-bond donors (Lipinski definition) is 2. The number of hydrogen-bond acceptors (Lipinski definition) is 5. The number of rotatable bonds is 11. The van der Waals surface area contributed by atoms with E-state index in [0.717, 1.165) is 62.3 Å². The highest BCUT2D eigenvalue weighted by molar-refractivity contribution is 7.13. The third-order valence-corrected chi connectivity index (χ3v) is 5.36. The van der Waals surface area contributed by atoms with Crippen LogP contribution in [0, 0.1) is 6.92 Å². The Balaban J connectivity index is 1.68. The summed E-state index contributed by atoms with van der Waals surface area (Å²) in [4.78, 5) is 11.3. The fourth-order valence-corrected chi connectivity index (χ4v) is 3.60. The molecule has 6 nitrogen and oxygen atoms in total. The van der Waals surface area contributed by atoms with E-state index in [4.69, 9.17) is 9.72 Å². The van der Waals surface area contributed by atoms with Crippen LogP contribution in [0.25, 0.3) is 10.6 Å². The third kappa shape index (κ3) is 7.96. The number of likely N-dealkylation sites (N-methyl/N-ethyl adjacent to an activating group) is 1. The van der Waals surface area contributed by atoms with Gasteiger partial charge in [0, 0.05) is 64.3 Å². The molecular formula is C21H33N5OS. The van der Waals surface area contributed by atoms with Crippen molar-refractivity contribution in [3.8, 4) is 10.6 Å². The standard InChI is InChI=1S/C21H33N5OS/c1-17-6-8-18(9-7-17)20-25-19(16-28-20)10-11-23-21(22-2)24-12-14-26(3)13-5-15-27-4/h6-9,16H,5,10-15H2,1-4H3,(H2,22,23,24). The van der Waals surface area contributed by atoms with Gasteiger partial charge in [0.2, 0.25) is 0 Å². The Morgan fingerprint density at radius 1 is 1.18 bits per heavy atom. The van der Waals surface area contributed by atoms with Crippen LogP contribution in [0.3, 0.4) is 0 Å². The lowest BCUT2D eigenvalue weighted by Crippen LogP contribution is -2.41. The molecule has 0 aliphatic carbocycles. The molecule has 2 N–H and O–H groups in total. The highest BCUT2D eigenvalue weighted by Crippen LogP contribution is 2.24. The molecule has 0 aliphatic rings. The molecule has 2 aromatic rings. The second kappa shape index (κ2) is 12.5. The molecule has 0 amide bonds. The highest BCUT2D eigenvalue weighted by atomic mass is 32.1. The number of aryl methyl sites for hydroxylation is 1. The molecule has 0 saturated carbocycles. The van der Waals surface area contributed by atoms with E-state index in [2.05, 4.69) is 64.1 Å². The minimum Gasteiger partial charge on any atom is -0.385 e. The van der Waals surface area contributed by atoms with E-state index in [1.807, 2.05) is 0 Å². The summed E-state index contributed by atoms with van der Waals surface area (Å²) in [6.07, 6.45) is 1.93. The largest absolute Gasteiger partial charge is 0.385 e. The molecule has 7 heteroatoms. The van der Waals surface area contributed by atoms with Crippen LogP contribution in [-0.2, 0) is 11.2 Å². The molecule has 2 rings (SSSR count). The summed E-state index contributed by atoms with van der Waals surface area (Å²) < 4.78 is 5.09. The fraction of sp³-hybridized carbons (Fsp3) is 0.524. The van der Waals surface area contributed by atoms with E-state index < -0.39 is 0 Å². The van der Waals surface area contributed by atoms with Crippen molar-refractivity contribution in [1.29, 1.82) is 0 Å². The smallest absolute Gasteiger partial charge is 0.191 e. The SMILES string of the molecule is CN=C(NCCc1csc(-c2ccc(C)cc2)n1)NCCN(C)CCCOC. The topological polar surface area (TPSA) is 61.8 Å². The zero-order valence-electron chi connectivity index (χ0n) is 17.5. The minimum absolute atomic E-state index is 0.806. The summed E-state index contributed by atoms with van der Waals surface area (Å²) in [5.41, 5.74) is 3.56. The van der Waals surface area contributed by atoms with Gasteiger partial charge in [-0.1, -0.05) is 29.8 Å². The quantitative estimate of drug-likeness (QED) is 0.343. The number of guanidine groups is 1. The lowest BCUT2D eigenvalue weighted by molar-refractivity contribution is 0.180. The maximum absolute atomic E-state index is 5.09. The van der Waals surface area contributed by atoms with Crippen LogP contribution in [0.4, 0.5) is 0 Å². The number of benzene rings is 1.